The van der Waals surface area contributed by atoms with Gasteiger partial charge < -0.3 is 10.1 Å². The van der Waals surface area contributed by atoms with Gasteiger partial charge in [0.2, 0.25) is 0 Å². The predicted molar refractivity (Wildman–Crippen MR) is 62.7 cm³/mol. The molecule has 2 nitrogen and oxygen atoms in total. The minimum Gasteiger partial charge on any atom is -0.492 e. The number of nitrogens with one attached hydrogen (secondary N) is 1. The lowest BCUT2D eigenvalue weighted by atomic mass is 10.2. The number of aryl methyl sites for hydroxylation is 1. The lowest BCUT2D eigenvalue weighted by Crippen LogP contribution is -2.28. The standard InChI is InChI=1S/C12H16ClNO/c1-9-7-11(4-5-12(9)13)15-8-10-3-2-6-14-10/h4-5,7,10,14H,2-3,6,8H2,1H3/t10-/m1/s1. The van der Waals surface area contributed by atoms with Gasteiger partial charge in [0.1, 0.15) is 12.4 Å². The summed E-state index contributed by atoms with van der Waals surface area (Å²) in [5.41, 5.74) is 1.06. The highest BCUT2D eigenvalue weighted by Crippen LogP contribution is 2.21. The summed E-state index contributed by atoms with van der Waals surface area (Å²) in [6.07, 6.45) is 2.47. The first-order valence-corrected chi connectivity index (χ1v) is 5.76. The van der Waals surface area contributed by atoms with Crippen molar-refractivity contribution in [2.24, 2.45) is 0 Å². The highest BCUT2D eigenvalue weighted by Gasteiger charge is 2.14. The van der Waals surface area contributed by atoms with E-state index in [1.165, 1.54) is 12.8 Å². The van der Waals surface area contributed by atoms with Crippen LogP contribution in [0.3, 0.4) is 0 Å². The molecule has 15 heavy (non-hydrogen) atoms. The van der Waals surface area contributed by atoms with E-state index in [9.17, 15) is 0 Å². The summed E-state index contributed by atoms with van der Waals surface area (Å²) in [5.74, 6) is 0.908. The molecule has 1 fully saturated rings. The van der Waals surface area contributed by atoms with E-state index >= 15 is 0 Å². The normalized spacial score (nSPS) is 20.5. The number of hydrogen-bond donors (Lipinski definition) is 1. The van der Waals surface area contributed by atoms with Crippen molar-refractivity contribution in [3.63, 3.8) is 0 Å². The van der Waals surface area contributed by atoms with E-state index in [1.54, 1.807) is 0 Å². The first-order valence-electron chi connectivity index (χ1n) is 5.38. The lowest BCUT2D eigenvalue weighted by molar-refractivity contribution is 0.277. The maximum atomic E-state index is 5.94. The average molecular weight is 226 g/mol. The van der Waals surface area contributed by atoms with Gasteiger partial charge in [-0.2, -0.15) is 0 Å². The highest BCUT2D eigenvalue weighted by molar-refractivity contribution is 6.31. The summed E-state index contributed by atoms with van der Waals surface area (Å²) in [5, 5.41) is 4.19. The molecule has 1 N–H and O–H groups in total. The van der Waals surface area contributed by atoms with Crippen LogP contribution in [0.5, 0.6) is 5.75 Å². The fourth-order valence-corrected chi connectivity index (χ4v) is 1.92. The minimum atomic E-state index is 0.515. The monoisotopic (exact) mass is 225 g/mol. The van der Waals surface area contributed by atoms with Crippen LogP contribution in [-0.2, 0) is 0 Å². The summed E-state index contributed by atoms with van der Waals surface area (Å²) < 4.78 is 5.70. The third kappa shape index (κ3) is 2.86. The molecule has 0 spiro atoms. The van der Waals surface area contributed by atoms with Crippen LogP contribution in [0, 0.1) is 6.92 Å². The van der Waals surface area contributed by atoms with Gasteiger partial charge in [0, 0.05) is 11.1 Å². The molecule has 1 heterocycles. The molecule has 1 aromatic rings. The van der Waals surface area contributed by atoms with E-state index in [4.69, 9.17) is 16.3 Å². The van der Waals surface area contributed by atoms with E-state index < -0.39 is 0 Å². The molecule has 82 valence electrons. The third-order valence-electron chi connectivity index (χ3n) is 2.74. The topological polar surface area (TPSA) is 21.3 Å². The molecule has 0 amide bonds. The molecule has 1 atom stereocenters. The Morgan fingerprint density at radius 2 is 2.40 bits per heavy atom. The number of ether oxygens (including phenoxy) is 1. The van der Waals surface area contributed by atoms with Crippen LogP contribution in [0.2, 0.25) is 5.02 Å². The van der Waals surface area contributed by atoms with Crippen LogP contribution in [-0.4, -0.2) is 19.2 Å². The SMILES string of the molecule is Cc1cc(OC[C@H]2CCCN2)ccc1Cl. The molecule has 0 radical (unpaired) electrons. The van der Waals surface area contributed by atoms with Crippen molar-refractivity contribution in [1.29, 1.82) is 0 Å². The number of hydrogen-bond acceptors (Lipinski definition) is 2. The van der Waals surface area contributed by atoms with Gasteiger partial charge in [-0.15, -0.1) is 0 Å². The van der Waals surface area contributed by atoms with E-state index in [1.807, 2.05) is 25.1 Å². The molecule has 0 aromatic heterocycles. The zero-order valence-electron chi connectivity index (χ0n) is 8.92. The second-order valence-electron chi connectivity index (χ2n) is 4.02. The van der Waals surface area contributed by atoms with Gasteiger partial charge in [-0.1, -0.05) is 11.6 Å². The smallest absolute Gasteiger partial charge is 0.119 e. The summed E-state index contributed by atoms with van der Waals surface area (Å²) in [4.78, 5) is 0. The van der Waals surface area contributed by atoms with Gasteiger partial charge in [-0.25, -0.2) is 0 Å². The van der Waals surface area contributed by atoms with Crippen molar-refractivity contribution < 1.29 is 4.74 Å². The van der Waals surface area contributed by atoms with Crippen LogP contribution in [0.1, 0.15) is 18.4 Å². The fourth-order valence-electron chi connectivity index (χ4n) is 1.80. The van der Waals surface area contributed by atoms with E-state index in [-0.39, 0.29) is 0 Å². The largest absolute Gasteiger partial charge is 0.492 e. The summed E-state index contributed by atoms with van der Waals surface area (Å²) in [6.45, 7) is 3.86. The molecule has 1 saturated heterocycles. The summed E-state index contributed by atoms with van der Waals surface area (Å²) in [7, 11) is 0. The molecule has 3 heteroatoms. The predicted octanol–water partition coefficient (Wildman–Crippen LogP) is 2.78. The van der Waals surface area contributed by atoms with Gasteiger partial charge in [0.25, 0.3) is 0 Å². The first kappa shape index (κ1) is 10.8. The molecular formula is C12H16ClNO. The summed E-state index contributed by atoms with van der Waals surface area (Å²) in [6, 6.07) is 6.30. The van der Waals surface area contributed by atoms with Gasteiger partial charge in [0.05, 0.1) is 0 Å². The molecule has 0 aliphatic carbocycles. The molecule has 2 rings (SSSR count). The van der Waals surface area contributed by atoms with Crippen LogP contribution < -0.4 is 10.1 Å². The average Bonchev–Trinajstić information content (AvgIpc) is 2.73. The Morgan fingerprint density at radius 3 is 3.07 bits per heavy atom. The van der Waals surface area contributed by atoms with Crippen molar-refractivity contribution in [1.82, 2.24) is 5.32 Å². The quantitative estimate of drug-likeness (QED) is 0.854. The Labute approximate surface area is 95.6 Å². The second-order valence-corrected chi connectivity index (χ2v) is 4.42. The van der Waals surface area contributed by atoms with E-state index in [0.29, 0.717) is 6.04 Å². The number of halogens is 1. The maximum absolute atomic E-state index is 5.94. The van der Waals surface area contributed by atoms with Crippen molar-refractivity contribution in [2.45, 2.75) is 25.8 Å². The highest BCUT2D eigenvalue weighted by atomic mass is 35.5. The first-order chi connectivity index (χ1) is 7.25. The zero-order valence-corrected chi connectivity index (χ0v) is 9.68. The zero-order chi connectivity index (χ0) is 10.7. The van der Waals surface area contributed by atoms with Gasteiger partial charge in [0.15, 0.2) is 0 Å². The lowest BCUT2D eigenvalue weighted by Gasteiger charge is -2.12. The van der Waals surface area contributed by atoms with Crippen LogP contribution >= 0.6 is 11.6 Å². The Kier molecular flexibility index (Phi) is 3.49. The van der Waals surface area contributed by atoms with E-state index in [2.05, 4.69) is 5.32 Å². The summed E-state index contributed by atoms with van der Waals surface area (Å²) >= 11 is 5.94. The maximum Gasteiger partial charge on any atom is 0.119 e. The minimum absolute atomic E-state index is 0.515. The fraction of sp³-hybridized carbons (Fsp3) is 0.500. The third-order valence-corrected chi connectivity index (χ3v) is 3.17. The molecule has 0 bridgehead atoms. The van der Waals surface area contributed by atoms with Crippen LogP contribution in [0.15, 0.2) is 18.2 Å². The molecule has 0 saturated carbocycles. The molecule has 1 aromatic carbocycles. The Hall–Kier alpha value is -0.730. The Morgan fingerprint density at radius 1 is 1.53 bits per heavy atom. The van der Waals surface area contributed by atoms with Crippen molar-refractivity contribution in [3.8, 4) is 5.75 Å². The number of rotatable bonds is 3. The van der Waals surface area contributed by atoms with E-state index in [0.717, 1.165) is 29.5 Å². The van der Waals surface area contributed by atoms with Crippen molar-refractivity contribution >= 4 is 11.6 Å². The molecule has 0 unspecified atom stereocenters. The molecule has 1 aliphatic heterocycles. The van der Waals surface area contributed by atoms with Gasteiger partial charge in [-0.3, -0.25) is 0 Å². The van der Waals surface area contributed by atoms with Gasteiger partial charge >= 0.3 is 0 Å². The molecular weight excluding hydrogens is 210 g/mol. The van der Waals surface area contributed by atoms with Crippen molar-refractivity contribution in [3.05, 3.63) is 28.8 Å². The molecule has 1 aliphatic rings. The number of benzene rings is 1. The van der Waals surface area contributed by atoms with Crippen LogP contribution in [0.4, 0.5) is 0 Å². The second kappa shape index (κ2) is 4.86. The Balaban J connectivity index is 1.90. The van der Waals surface area contributed by atoms with Crippen LogP contribution in [0.25, 0.3) is 0 Å². The van der Waals surface area contributed by atoms with Gasteiger partial charge in [-0.05, 0) is 50.1 Å². The van der Waals surface area contributed by atoms with Crippen molar-refractivity contribution in [2.75, 3.05) is 13.2 Å². The Bertz CT molecular complexity index is 334.